The fourth-order valence-corrected chi connectivity index (χ4v) is 6.14. The molecule has 1 N–H and O–H groups in total. The van der Waals surface area contributed by atoms with Crippen molar-refractivity contribution >= 4 is 27.5 Å². The van der Waals surface area contributed by atoms with Crippen molar-refractivity contribution in [2.24, 2.45) is 0 Å². The van der Waals surface area contributed by atoms with E-state index in [1.165, 1.54) is 25.2 Å². The minimum absolute atomic E-state index is 0.0590. The number of methoxy groups -OCH3 is 2. The van der Waals surface area contributed by atoms with E-state index >= 15 is 0 Å². The summed E-state index contributed by atoms with van der Waals surface area (Å²) in [5, 5.41) is 3.17. The molecule has 0 bridgehead atoms. The Morgan fingerprint density at radius 1 is 0.881 bits per heavy atom. The van der Waals surface area contributed by atoms with Crippen LogP contribution in [0.5, 0.6) is 11.5 Å². The SMILES string of the molecule is COc1ccc(N(CC(=O)N(Cc2ccccc2)[C@H](Cc2ccccc2)C(=O)NC2CCCC2)S(C)(=O)=O)cc1OC. The van der Waals surface area contributed by atoms with Crippen LogP contribution in [-0.4, -0.2) is 64.2 Å². The number of rotatable bonds is 13. The van der Waals surface area contributed by atoms with Gasteiger partial charge in [-0.05, 0) is 36.1 Å². The van der Waals surface area contributed by atoms with E-state index in [1.807, 2.05) is 60.7 Å². The van der Waals surface area contributed by atoms with Crippen LogP contribution in [0.3, 0.4) is 0 Å². The van der Waals surface area contributed by atoms with Gasteiger partial charge in [0.25, 0.3) is 0 Å². The van der Waals surface area contributed by atoms with Gasteiger partial charge in [0.05, 0.1) is 26.2 Å². The highest BCUT2D eigenvalue weighted by atomic mass is 32.2. The molecule has 224 valence electrons. The molecule has 9 nitrogen and oxygen atoms in total. The van der Waals surface area contributed by atoms with Crippen LogP contribution in [0, 0.1) is 0 Å². The lowest BCUT2D eigenvalue weighted by Gasteiger charge is -2.34. The van der Waals surface area contributed by atoms with Gasteiger partial charge in [0, 0.05) is 25.1 Å². The Bertz CT molecular complexity index is 1440. The molecule has 1 atom stereocenters. The third kappa shape index (κ3) is 8.03. The Balaban J connectivity index is 1.72. The maximum Gasteiger partial charge on any atom is 0.244 e. The number of hydrogen-bond acceptors (Lipinski definition) is 6. The number of sulfonamides is 1. The van der Waals surface area contributed by atoms with Gasteiger partial charge in [0.15, 0.2) is 11.5 Å². The fourth-order valence-electron chi connectivity index (χ4n) is 5.30. The van der Waals surface area contributed by atoms with Crippen molar-refractivity contribution in [3.8, 4) is 11.5 Å². The molecule has 3 aromatic rings. The van der Waals surface area contributed by atoms with Crippen LogP contribution in [0.2, 0.25) is 0 Å². The molecule has 42 heavy (non-hydrogen) atoms. The fraction of sp³-hybridized carbons (Fsp3) is 0.375. The predicted octanol–water partition coefficient (Wildman–Crippen LogP) is 4.17. The first-order valence-corrected chi connectivity index (χ1v) is 15.9. The van der Waals surface area contributed by atoms with E-state index in [1.54, 1.807) is 12.1 Å². The van der Waals surface area contributed by atoms with Gasteiger partial charge in [-0.2, -0.15) is 0 Å². The van der Waals surface area contributed by atoms with Crippen LogP contribution < -0.4 is 19.1 Å². The summed E-state index contributed by atoms with van der Waals surface area (Å²) in [5.41, 5.74) is 1.97. The first-order valence-electron chi connectivity index (χ1n) is 14.1. The van der Waals surface area contributed by atoms with Crippen molar-refractivity contribution in [1.82, 2.24) is 10.2 Å². The molecule has 0 unspecified atom stereocenters. The zero-order valence-corrected chi connectivity index (χ0v) is 25.2. The zero-order valence-electron chi connectivity index (χ0n) is 24.4. The van der Waals surface area contributed by atoms with E-state index in [2.05, 4.69) is 5.32 Å². The Labute approximate surface area is 248 Å². The maximum atomic E-state index is 14.2. The summed E-state index contributed by atoms with van der Waals surface area (Å²) in [5.74, 6) is 0.0157. The number of hydrogen-bond donors (Lipinski definition) is 1. The van der Waals surface area contributed by atoms with Gasteiger partial charge in [-0.1, -0.05) is 73.5 Å². The second-order valence-corrected chi connectivity index (χ2v) is 12.4. The minimum Gasteiger partial charge on any atom is -0.493 e. The van der Waals surface area contributed by atoms with Crippen molar-refractivity contribution in [2.75, 3.05) is 31.3 Å². The lowest BCUT2D eigenvalue weighted by Crippen LogP contribution is -2.54. The molecule has 1 aliphatic carbocycles. The molecular formula is C32H39N3O6S. The molecule has 4 rings (SSSR count). The van der Waals surface area contributed by atoms with Gasteiger partial charge < -0.3 is 19.7 Å². The number of nitrogens with zero attached hydrogens (tertiary/aromatic N) is 2. The molecule has 0 radical (unpaired) electrons. The first kappa shape index (κ1) is 30.9. The molecule has 1 aliphatic rings. The standard InChI is InChI=1S/C32H39N3O6S/c1-40-29-19-18-27(21-30(29)41-2)35(42(3,38)39)23-31(36)34(22-25-14-8-5-9-15-25)28(20-24-12-6-4-7-13-24)32(37)33-26-16-10-11-17-26/h4-9,12-15,18-19,21,26,28H,10-11,16-17,20,22-23H2,1-3H3,(H,33,37)/t28-/m1/s1. The molecule has 0 saturated heterocycles. The van der Waals surface area contributed by atoms with E-state index in [4.69, 9.17) is 9.47 Å². The summed E-state index contributed by atoms with van der Waals surface area (Å²) in [6, 6.07) is 22.8. The van der Waals surface area contributed by atoms with Gasteiger partial charge in [-0.25, -0.2) is 8.42 Å². The van der Waals surface area contributed by atoms with Crippen LogP contribution >= 0.6 is 0 Å². The number of amides is 2. The van der Waals surface area contributed by atoms with Gasteiger partial charge in [0.2, 0.25) is 21.8 Å². The summed E-state index contributed by atoms with van der Waals surface area (Å²) >= 11 is 0. The lowest BCUT2D eigenvalue weighted by atomic mass is 10.0. The predicted molar refractivity (Wildman–Crippen MR) is 163 cm³/mol. The van der Waals surface area contributed by atoms with Crippen LogP contribution in [-0.2, 0) is 32.6 Å². The Kier molecular flexibility index (Phi) is 10.5. The van der Waals surface area contributed by atoms with Crippen molar-refractivity contribution in [3.63, 3.8) is 0 Å². The second-order valence-electron chi connectivity index (χ2n) is 10.5. The van der Waals surface area contributed by atoms with Gasteiger partial charge in [0.1, 0.15) is 12.6 Å². The van der Waals surface area contributed by atoms with E-state index in [9.17, 15) is 18.0 Å². The summed E-state index contributed by atoms with van der Waals surface area (Å²) in [6.07, 6.45) is 5.24. The largest absolute Gasteiger partial charge is 0.493 e. The van der Waals surface area contributed by atoms with E-state index in [-0.39, 0.29) is 30.6 Å². The topological polar surface area (TPSA) is 105 Å². The van der Waals surface area contributed by atoms with Crippen LogP contribution in [0.1, 0.15) is 36.8 Å². The average Bonchev–Trinajstić information content (AvgIpc) is 3.50. The van der Waals surface area contributed by atoms with Gasteiger partial charge in [-0.3, -0.25) is 13.9 Å². The highest BCUT2D eigenvalue weighted by Crippen LogP contribution is 2.32. The van der Waals surface area contributed by atoms with E-state index in [0.717, 1.165) is 47.4 Å². The molecule has 0 aromatic heterocycles. The molecule has 0 aliphatic heterocycles. The molecule has 10 heteroatoms. The van der Waals surface area contributed by atoms with Crippen LogP contribution in [0.4, 0.5) is 5.69 Å². The Morgan fingerprint density at radius 3 is 2.05 bits per heavy atom. The summed E-state index contributed by atoms with van der Waals surface area (Å²) in [6.45, 7) is -0.359. The monoisotopic (exact) mass is 593 g/mol. The third-order valence-corrected chi connectivity index (χ3v) is 8.64. The number of carbonyl (C=O) groups excluding carboxylic acids is 2. The Morgan fingerprint density at radius 2 is 1.48 bits per heavy atom. The molecule has 2 amide bonds. The summed E-state index contributed by atoms with van der Waals surface area (Å²) in [7, 11) is -0.957. The number of carbonyl (C=O) groups is 2. The first-order chi connectivity index (χ1) is 20.2. The zero-order chi connectivity index (χ0) is 30.1. The van der Waals surface area contributed by atoms with Crippen molar-refractivity contribution in [1.29, 1.82) is 0 Å². The number of anilines is 1. The van der Waals surface area contributed by atoms with E-state index in [0.29, 0.717) is 11.5 Å². The molecule has 3 aromatic carbocycles. The van der Waals surface area contributed by atoms with Gasteiger partial charge >= 0.3 is 0 Å². The quantitative estimate of drug-likeness (QED) is 0.319. The average molecular weight is 594 g/mol. The smallest absolute Gasteiger partial charge is 0.244 e. The Hall–Kier alpha value is -4.05. The second kappa shape index (κ2) is 14.2. The summed E-state index contributed by atoms with van der Waals surface area (Å²) < 4.78 is 37.8. The molecule has 0 heterocycles. The van der Waals surface area contributed by atoms with Crippen LogP contribution in [0.25, 0.3) is 0 Å². The van der Waals surface area contributed by atoms with Gasteiger partial charge in [-0.15, -0.1) is 0 Å². The van der Waals surface area contributed by atoms with Crippen molar-refractivity contribution in [3.05, 3.63) is 90.0 Å². The van der Waals surface area contributed by atoms with Crippen LogP contribution in [0.15, 0.2) is 78.9 Å². The number of nitrogens with one attached hydrogen (secondary N) is 1. The van der Waals surface area contributed by atoms with Crippen molar-refractivity contribution < 1.29 is 27.5 Å². The molecule has 0 spiro atoms. The third-order valence-electron chi connectivity index (χ3n) is 7.50. The normalized spacial score (nSPS) is 14.2. The summed E-state index contributed by atoms with van der Waals surface area (Å²) in [4.78, 5) is 29.6. The highest BCUT2D eigenvalue weighted by molar-refractivity contribution is 7.92. The van der Waals surface area contributed by atoms with E-state index < -0.39 is 28.5 Å². The highest BCUT2D eigenvalue weighted by Gasteiger charge is 2.34. The number of benzene rings is 3. The molecule has 1 fully saturated rings. The molecular weight excluding hydrogens is 554 g/mol. The maximum absolute atomic E-state index is 14.2. The minimum atomic E-state index is -3.90. The van der Waals surface area contributed by atoms with Crippen molar-refractivity contribution in [2.45, 2.75) is 50.7 Å². The lowest BCUT2D eigenvalue weighted by molar-refractivity contribution is -0.140. The molecule has 1 saturated carbocycles. The number of ether oxygens (including phenoxy) is 2.